The summed E-state index contributed by atoms with van der Waals surface area (Å²) in [7, 11) is 0. The van der Waals surface area contributed by atoms with Gasteiger partial charge in [-0.25, -0.2) is 14.2 Å². The molecule has 3 heterocycles. The maximum Gasteiger partial charge on any atom is 0.326 e. The normalized spacial score (nSPS) is 12.4. The number of anilines is 2. The van der Waals surface area contributed by atoms with Gasteiger partial charge in [0.15, 0.2) is 0 Å². The van der Waals surface area contributed by atoms with Crippen molar-refractivity contribution in [2.45, 2.75) is 13.5 Å². The van der Waals surface area contributed by atoms with Gasteiger partial charge in [-0.1, -0.05) is 6.07 Å². The number of H-pyrrole nitrogens is 1. The van der Waals surface area contributed by atoms with Crippen LogP contribution in [-0.2, 0) is 6.54 Å². The molecule has 0 aliphatic carbocycles. The number of aromatic amines is 1. The highest BCUT2D eigenvalue weighted by molar-refractivity contribution is 6.06. The lowest BCUT2D eigenvalue weighted by Crippen LogP contribution is -2.19. The van der Waals surface area contributed by atoms with E-state index in [-0.39, 0.29) is 17.5 Å². The summed E-state index contributed by atoms with van der Waals surface area (Å²) in [5.74, 6) is 0.118. The molecule has 1 aliphatic heterocycles. The Morgan fingerprint density at radius 2 is 1.94 bits per heavy atom. The van der Waals surface area contributed by atoms with E-state index in [0.29, 0.717) is 40.2 Å². The first kappa shape index (κ1) is 19.6. The zero-order valence-electron chi connectivity index (χ0n) is 17.0. The number of rotatable bonds is 4. The smallest absolute Gasteiger partial charge is 0.326 e. The maximum absolute atomic E-state index is 15.0. The van der Waals surface area contributed by atoms with E-state index >= 15 is 4.39 Å². The Hall–Kier alpha value is -4.40. The lowest BCUT2D eigenvalue weighted by atomic mass is 9.92. The highest BCUT2D eigenvalue weighted by atomic mass is 19.1. The molecule has 8 nitrogen and oxygen atoms in total. The number of aryl methyl sites for hydroxylation is 1. The second-order valence-electron chi connectivity index (χ2n) is 7.36. The molecular formula is C23H18FN5O3. The number of carbonyl (C=O) groups is 2. The van der Waals surface area contributed by atoms with Crippen LogP contribution in [0.1, 0.15) is 21.6 Å². The number of nitrogens with one attached hydrogen (secondary N) is 4. The van der Waals surface area contributed by atoms with Gasteiger partial charge < -0.3 is 20.0 Å². The summed E-state index contributed by atoms with van der Waals surface area (Å²) in [6, 6.07) is 10.6. The van der Waals surface area contributed by atoms with Crippen molar-refractivity contribution >= 4 is 23.5 Å². The average Bonchev–Trinajstić information content (AvgIpc) is 3.50. The highest BCUT2D eigenvalue weighted by Crippen LogP contribution is 2.36. The van der Waals surface area contributed by atoms with Crippen LogP contribution in [0.4, 0.5) is 20.8 Å². The fourth-order valence-electron chi connectivity index (χ4n) is 3.78. The molecule has 1 aliphatic rings. The molecule has 0 fully saturated rings. The first-order valence-electron chi connectivity index (χ1n) is 9.87. The molecule has 0 radical (unpaired) electrons. The van der Waals surface area contributed by atoms with Gasteiger partial charge in [-0.15, -0.1) is 0 Å². The Balaban J connectivity index is 1.46. The Morgan fingerprint density at radius 1 is 1.12 bits per heavy atom. The number of urea groups is 1. The van der Waals surface area contributed by atoms with Crippen molar-refractivity contribution in [3.05, 3.63) is 77.6 Å². The summed E-state index contributed by atoms with van der Waals surface area (Å²) >= 11 is 0. The Labute approximate surface area is 181 Å². The molecule has 2 aromatic heterocycles. The van der Waals surface area contributed by atoms with Crippen LogP contribution in [0.2, 0.25) is 0 Å². The molecule has 0 saturated carbocycles. The van der Waals surface area contributed by atoms with Crippen LogP contribution in [0.5, 0.6) is 0 Å². The molecule has 4 aromatic rings. The van der Waals surface area contributed by atoms with Gasteiger partial charge in [0.1, 0.15) is 11.6 Å². The van der Waals surface area contributed by atoms with E-state index in [1.165, 1.54) is 12.3 Å². The van der Waals surface area contributed by atoms with Crippen molar-refractivity contribution in [1.29, 1.82) is 0 Å². The fraction of sp³-hybridized carbons (Fsp3) is 0.0870. The number of fused-ring (bicyclic) bond motifs is 1. The number of amides is 3. The van der Waals surface area contributed by atoms with Crippen LogP contribution in [-0.4, -0.2) is 21.9 Å². The summed E-state index contributed by atoms with van der Waals surface area (Å²) in [4.78, 5) is 32.0. The quantitative estimate of drug-likeness (QED) is 0.376. The lowest BCUT2D eigenvalue weighted by Gasteiger charge is -2.13. The Morgan fingerprint density at radius 3 is 2.66 bits per heavy atom. The fourth-order valence-corrected chi connectivity index (χ4v) is 3.78. The molecule has 2 aromatic carbocycles. The van der Waals surface area contributed by atoms with E-state index in [4.69, 9.17) is 4.42 Å². The maximum atomic E-state index is 15.0. The summed E-state index contributed by atoms with van der Waals surface area (Å²) < 4.78 is 20.1. The first-order chi connectivity index (χ1) is 15.5. The van der Waals surface area contributed by atoms with Crippen LogP contribution < -0.4 is 16.0 Å². The van der Waals surface area contributed by atoms with Crippen LogP contribution in [0.25, 0.3) is 22.5 Å². The molecule has 4 N–H and O–H groups in total. The largest absolute Gasteiger partial charge is 0.449 e. The minimum atomic E-state index is -0.555. The second-order valence-corrected chi connectivity index (χ2v) is 7.36. The number of nitrogens with zero attached hydrogens (tertiary/aromatic N) is 1. The van der Waals surface area contributed by atoms with Crippen molar-refractivity contribution in [2.75, 3.05) is 10.6 Å². The molecule has 0 spiro atoms. The van der Waals surface area contributed by atoms with Crippen LogP contribution >= 0.6 is 0 Å². The molecule has 0 saturated heterocycles. The third kappa shape index (κ3) is 3.49. The first-order valence-corrected chi connectivity index (χ1v) is 9.87. The third-order valence-corrected chi connectivity index (χ3v) is 5.20. The molecular weight excluding hydrogens is 413 g/mol. The summed E-state index contributed by atoms with van der Waals surface area (Å²) in [5.41, 5.74) is 3.95. The monoisotopic (exact) mass is 431 g/mol. The summed E-state index contributed by atoms with van der Waals surface area (Å²) in [5, 5.41) is 7.88. The summed E-state index contributed by atoms with van der Waals surface area (Å²) in [6.45, 7) is 2.17. The predicted octanol–water partition coefficient (Wildman–Crippen LogP) is 4.67. The van der Waals surface area contributed by atoms with Crippen LogP contribution in [0.15, 0.2) is 59.3 Å². The van der Waals surface area contributed by atoms with E-state index in [1.807, 2.05) is 6.92 Å². The molecule has 0 atom stereocenters. The zero-order chi connectivity index (χ0) is 22.2. The molecule has 0 unspecified atom stereocenters. The van der Waals surface area contributed by atoms with Crippen molar-refractivity contribution in [3.8, 4) is 22.5 Å². The third-order valence-electron chi connectivity index (χ3n) is 5.20. The highest BCUT2D eigenvalue weighted by Gasteiger charge is 2.28. The molecule has 32 heavy (non-hydrogen) atoms. The SMILES string of the molecule is Cc1cnc(-c2ccc(-c3ccc(NC(=O)Nc4ccco4)cc3F)c3c2C(=O)NC3)[nH]1. The van der Waals surface area contributed by atoms with E-state index in [2.05, 4.69) is 25.9 Å². The zero-order valence-corrected chi connectivity index (χ0v) is 17.0. The Kier molecular flexibility index (Phi) is 4.70. The van der Waals surface area contributed by atoms with Gasteiger partial charge in [-0.2, -0.15) is 0 Å². The predicted molar refractivity (Wildman–Crippen MR) is 117 cm³/mol. The number of furan rings is 1. The van der Waals surface area contributed by atoms with Gasteiger partial charge in [-0.3, -0.25) is 10.1 Å². The molecule has 0 bridgehead atoms. The molecule has 160 valence electrons. The minimum Gasteiger partial charge on any atom is -0.449 e. The number of hydrogen-bond donors (Lipinski definition) is 4. The Bertz CT molecular complexity index is 1340. The summed E-state index contributed by atoms with van der Waals surface area (Å²) in [6.07, 6.45) is 3.12. The van der Waals surface area contributed by atoms with Crippen LogP contribution in [0.3, 0.4) is 0 Å². The van der Waals surface area contributed by atoms with Crippen molar-refractivity contribution < 1.29 is 18.4 Å². The number of imidazole rings is 1. The average molecular weight is 431 g/mol. The van der Waals surface area contributed by atoms with Crippen LogP contribution in [0, 0.1) is 12.7 Å². The van der Waals surface area contributed by atoms with E-state index in [1.54, 1.807) is 42.6 Å². The van der Waals surface area contributed by atoms with Gasteiger partial charge in [0.05, 0.1) is 11.8 Å². The van der Waals surface area contributed by atoms with E-state index in [9.17, 15) is 9.59 Å². The molecule has 3 amide bonds. The van der Waals surface area contributed by atoms with Crippen molar-refractivity contribution in [3.63, 3.8) is 0 Å². The molecule has 9 heteroatoms. The lowest BCUT2D eigenvalue weighted by molar-refractivity contribution is 0.0966. The van der Waals surface area contributed by atoms with Crippen molar-refractivity contribution in [2.24, 2.45) is 0 Å². The van der Waals surface area contributed by atoms with Gasteiger partial charge in [-0.05, 0) is 48.4 Å². The van der Waals surface area contributed by atoms with Gasteiger partial charge in [0, 0.05) is 41.3 Å². The minimum absolute atomic E-state index is 0.223. The molecule has 5 rings (SSSR count). The van der Waals surface area contributed by atoms with Gasteiger partial charge in [0.2, 0.25) is 5.88 Å². The number of hydrogen-bond acceptors (Lipinski definition) is 4. The van der Waals surface area contributed by atoms with E-state index in [0.717, 1.165) is 5.69 Å². The second kappa shape index (κ2) is 7.69. The van der Waals surface area contributed by atoms with Gasteiger partial charge >= 0.3 is 6.03 Å². The number of carbonyl (C=O) groups excluding carboxylic acids is 2. The van der Waals surface area contributed by atoms with Gasteiger partial charge in [0.25, 0.3) is 5.91 Å². The standard InChI is InChI=1S/C23H18FN5O3/c1-12-10-25-21(27-12)16-7-6-14(17-11-26-22(30)20(16)17)15-5-4-13(9-18(15)24)28-23(31)29-19-3-2-8-32-19/h2-10H,11H2,1H3,(H,25,27)(H,26,30)(H2,28,29,31). The topological polar surface area (TPSA) is 112 Å². The van der Waals surface area contributed by atoms with Crippen molar-refractivity contribution in [1.82, 2.24) is 15.3 Å². The van der Waals surface area contributed by atoms with E-state index < -0.39 is 11.8 Å². The number of halogens is 1. The number of benzene rings is 2. The number of aromatic nitrogens is 2.